The van der Waals surface area contributed by atoms with Crippen LogP contribution in [0, 0.1) is 11.8 Å². The molecule has 3 atom stereocenters. The van der Waals surface area contributed by atoms with E-state index in [1.54, 1.807) is 0 Å². The third-order valence-electron chi connectivity index (χ3n) is 3.68. The molecule has 3 unspecified atom stereocenters. The van der Waals surface area contributed by atoms with Gasteiger partial charge in [0.1, 0.15) is 0 Å². The summed E-state index contributed by atoms with van der Waals surface area (Å²) < 4.78 is 5.75. The molecule has 0 radical (unpaired) electrons. The molecule has 0 aliphatic heterocycles. The first-order valence-electron chi connectivity index (χ1n) is 6.98. The van der Waals surface area contributed by atoms with Crippen LogP contribution >= 0.6 is 0 Å². The summed E-state index contributed by atoms with van der Waals surface area (Å²) in [6.07, 6.45) is 5.70. The molecule has 96 valence electrons. The topological polar surface area (TPSA) is 21.3 Å². The van der Waals surface area contributed by atoms with Crippen LogP contribution in [0.3, 0.4) is 0 Å². The molecule has 0 aromatic carbocycles. The molecule has 0 amide bonds. The van der Waals surface area contributed by atoms with E-state index < -0.39 is 0 Å². The van der Waals surface area contributed by atoms with Crippen molar-refractivity contribution in [2.24, 2.45) is 11.8 Å². The van der Waals surface area contributed by atoms with E-state index in [0.29, 0.717) is 12.0 Å². The third kappa shape index (κ3) is 4.84. The number of ether oxygens (including phenoxy) is 1. The van der Waals surface area contributed by atoms with Crippen LogP contribution in [0.15, 0.2) is 0 Å². The number of nitrogens with one attached hydrogen (secondary N) is 1. The maximum absolute atomic E-state index is 5.75. The fraction of sp³-hybridized carbons (Fsp3) is 1.00. The van der Waals surface area contributed by atoms with Gasteiger partial charge in [-0.3, -0.25) is 0 Å². The van der Waals surface area contributed by atoms with Crippen molar-refractivity contribution >= 4 is 0 Å². The Morgan fingerprint density at radius 1 is 1.31 bits per heavy atom. The first-order valence-corrected chi connectivity index (χ1v) is 6.98. The van der Waals surface area contributed by atoms with Crippen LogP contribution in [0.2, 0.25) is 0 Å². The molecular formula is C14H29NO. The van der Waals surface area contributed by atoms with Gasteiger partial charge in [-0.25, -0.2) is 0 Å². The molecule has 0 aromatic rings. The molecule has 2 heteroatoms. The molecule has 0 saturated heterocycles. The van der Waals surface area contributed by atoms with Gasteiger partial charge in [0.05, 0.1) is 6.10 Å². The quantitative estimate of drug-likeness (QED) is 0.721. The predicted octanol–water partition coefficient (Wildman–Crippen LogP) is 3.22. The van der Waals surface area contributed by atoms with Crippen molar-refractivity contribution < 1.29 is 4.74 Å². The monoisotopic (exact) mass is 227 g/mol. The lowest BCUT2D eigenvalue weighted by Crippen LogP contribution is -2.31. The molecule has 1 aliphatic rings. The zero-order chi connectivity index (χ0) is 12.0. The number of rotatable bonds is 7. The fourth-order valence-corrected chi connectivity index (χ4v) is 2.65. The van der Waals surface area contributed by atoms with Crippen molar-refractivity contribution in [2.75, 3.05) is 13.2 Å². The van der Waals surface area contributed by atoms with Crippen LogP contribution < -0.4 is 5.32 Å². The minimum Gasteiger partial charge on any atom is -0.378 e. The second-order valence-corrected chi connectivity index (χ2v) is 5.60. The van der Waals surface area contributed by atoms with Crippen molar-refractivity contribution in [3.63, 3.8) is 0 Å². The highest BCUT2D eigenvalue weighted by Crippen LogP contribution is 2.24. The highest BCUT2D eigenvalue weighted by Gasteiger charge is 2.21. The molecule has 2 nitrogen and oxygen atoms in total. The first-order chi connectivity index (χ1) is 7.63. The summed E-state index contributed by atoms with van der Waals surface area (Å²) in [4.78, 5) is 0. The highest BCUT2D eigenvalue weighted by molar-refractivity contribution is 4.78. The average molecular weight is 227 g/mol. The third-order valence-corrected chi connectivity index (χ3v) is 3.68. The summed E-state index contributed by atoms with van der Waals surface area (Å²) in [5, 5.41) is 3.68. The molecule has 1 rings (SSSR count). The van der Waals surface area contributed by atoms with Gasteiger partial charge >= 0.3 is 0 Å². The van der Waals surface area contributed by atoms with Crippen molar-refractivity contribution in [1.82, 2.24) is 5.32 Å². The standard InChI is InChI=1S/C14H29NO/c1-5-16-14(11(2)3)8-9-15-13-7-6-12(4)10-13/h11-15H,5-10H2,1-4H3. The van der Waals surface area contributed by atoms with E-state index in [1.165, 1.54) is 19.3 Å². The summed E-state index contributed by atoms with van der Waals surface area (Å²) in [6.45, 7) is 10.9. The molecule has 0 bridgehead atoms. The van der Waals surface area contributed by atoms with E-state index in [0.717, 1.165) is 31.5 Å². The Morgan fingerprint density at radius 2 is 2.06 bits per heavy atom. The minimum atomic E-state index is 0.427. The summed E-state index contributed by atoms with van der Waals surface area (Å²) >= 11 is 0. The fourth-order valence-electron chi connectivity index (χ4n) is 2.65. The molecule has 1 saturated carbocycles. The summed E-state index contributed by atoms with van der Waals surface area (Å²) in [7, 11) is 0. The molecule has 1 N–H and O–H groups in total. The zero-order valence-electron chi connectivity index (χ0n) is 11.5. The van der Waals surface area contributed by atoms with Gasteiger partial charge in [0.15, 0.2) is 0 Å². The lowest BCUT2D eigenvalue weighted by atomic mass is 10.0. The van der Waals surface area contributed by atoms with E-state index in [1.807, 2.05) is 0 Å². The van der Waals surface area contributed by atoms with E-state index in [2.05, 4.69) is 33.0 Å². The van der Waals surface area contributed by atoms with Crippen LogP contribution in [0.4, 0.5) is 0 Å². The van der Waals surface area contributed by atoms with Gasteiger partial charge in [-0.05, 0) is 51.0 Å². The molecular weight excluding hydrogens is 198 g/mol. The van der Waals surface area contributed by atoms with Crippen LogP contribution in [0.25, 0.3) is 0 Å². The summed E-state index contributed by atoms with van der Waals surface area (Å²) in [6, 6.07) is 0.768. The van der Waals surface area contributed by atoms with E-state index in [-0.39, 0.29) is 0 Å². The molecule has 1 aliphatic carbocycles. The number of hydrogen-bond donors (Lipinski definition) is 1. The van der Waals surface area contributed by atoms with E-state index >= 15 is 0 Å². The second kappa shape index (κ2) is 7.29. The van der Waals surface area contributed by atoms with Crippen molar-refractivity contribution in [2.45, 2.75) is 65.5 Å². The lowest BCUT2D eigenvalue weighted by molar-refractivity contribution is 0.0247. The van der Waals surface area contributed by atoms with Gasteiger partial charge in [0.2, 0.25) is 0 Å². The largest absolute Gasteiger partial charge is 0.378 e. The predicted molar refractivity (Wildman–Crippen MR) is 69.7 cm³/mol. The maximum Gasteiger partial charge on any atom is 0.0609 e. The first kappa shape index (κ1) is 14.0. The van der Waals surface area contributed by atoms with Gasteiger partial charge in [-0.1, -0.05) is 20.8 Å². The Bertz CT molecular complexity index is 182. The van der Waals surface area contributed by atoms with Crippen LogP contribution in [0.1, 0.15) is 53.4 Å². The Balaban J connectivity index is 2.12. The van der Waals surface area contributed by atoms with Crippen molar-refractivity contribution in [3.8, 4) is 0 Å². The Labute approximate surface area is 101 Å². The molecule has 1 fully saturated rings. The van der Waals surface area contributed by atoms with E-state index in [4.69, 9.17) is 4.74 Å². The molecule has 0 heterocycles. The second-order valence-electron chi connectivity index (χ2n) is 5.60. The Morgan fingerprint density at radius 3 is 2.56 bits per heavy atom. The Hall–Kier alpha value is -0.0800. The van der Waals surface area contributed by atoms with Gasteiger partial charge < -0.3 is 10.1 Å². The molecule has 0 spiro atoms. The van der Waals surface area contributed by atoms with Crippen molar-refractivity contribution in [3.05, 3.63) is 0 Å². The van der Waals surface area contributed by atoms with E-state index in [9.17, 15) is 0 Å². The van der Waals surface area contributed by atoms with Gasteiger partial charge in [-0.15, -0.1) is 0 Å². The lowest BCUT2D eigenvalue weighted by Gasteiger charge is -2.22. The summed E-state index contributed by atoms with van der Waals surface area (Å²) in [5.74, 6) is 1.55. The maximum atomic E-state index is 5.75. The van der Waals surface area contributed by atoms with Crippen LogP contribution in [-0.2, 0) is 4.74 Å². The zero-order valence-corrected chi connectivity index (χ0v) is 11.5. The van der Waals surface area contributed by atoms with Crippen LogP contribution in [0.5, 0.6) is 0 Å². The SMILES string of the molecule is CCOC(CCNC1CCC(C)C1)C(C)C. The van der Waals surface area contributed by atoms with Crippen molar-refractivity contribution in [1.29, 1.82) is 0 Å². The Kier molecular flexibility index (Phi) is 6.37. The van der Waals surface area contributed by atoms with Gasteiger partial charge in [0, 0.05) is 12.6 Å². The van der Waals surface area contributed by atoms with Crippen LogP contribution in [-0.4, -0.2) is 25.3 Å². The normalized spacial score (nSPS) is 27.6. The minimum absolute atomic E-state index is 0.427. The smallest absolute Gasteiger partial charge is 0.0609 e. The highest BCUT2D eigenvalue weighted by atomic mass is 16.5. The van der Waals surface area contributed by atoms with Gasteiger partial charge in [0.25, 0.3) is 0 Å². The van der Waals surface area contributed by atoms with Gasteiger partial charge in [-0.2, -0.15) is 0 Å². The molecule has 0 aromatic heterocycles. The average Bonchev–Trinajstić information content (AvgIpc) is 2.63. The summed E-state index contributed by atoms with van der Waals surface area (Å²) in [5.41, 5.74) is 0. The molecule has 16 heavy (non-hydrogen) atoms. The number of hydrogen-bond acceptors (Lipinski definition) is 2.